The molecule has 0 saturated carbocycles. The van der Waals surface area contributed by atoms with Gasteiger partial charge in [0.1, 0.15) is 5.82 Å². The van der Waals surface area contributed by atoms with E-state index in [-0.39, 0.29) is 17.6 Å². The molecule has 0 bridgehead atoms. The van der Waals surface area contributed by atoms with E-state index < -0.39 is 0 Å². The van der Waals surface area contributed by atoms with Crippen molar-refractivity contribution in [3.63, 3.8) is 0 Å². The zero-order valence-electron chi connectivity index (χ0n) is 12.4. The van der Waals surface area contributed by atoms with Crippen molar-refractivity contribution >= 4 is 23.2 Å². The first-order chi connectivity index (χ1) is 11.1. The summed E-state index contributed by atoms with van der Waals surface area (Å²) in [6.07, 6.45) is 2.16. The van der Waals surface area contributed by atoms with E-state index in [0.717, 1.165) is 36.2 Å². The topological polar surface area (TPSA) is 49.4 Å². The van der Waals surface area contributed by atoms with E-state index in [1.165, 1.54) is 24.3 Å². The molecule has 2 aromatic rings. The molecule has 1 N–H and O–H groups in total. The van der Waals surface area contributed by atoms with Crippen LogP contribution in [0.3, 0.4) is 0 Å². The lowest BCUT2D eigenvalue weighted by atomic mass is 9.96. The summed E-state index contributed by atoms with van der Waals surface area (Å²) in [5, 5.41) is 2.76. The number of rotatable bonds is 2. The van der Waals surface area contributed by atoms with Crippen molar-refractivity contribution in [2.75, 3.05) is 16.8 Å². The number of hydrogen-bond acceptors (Lipinski definition) is 2. The maximum atomic E-state index is 12.9. The number of benzene rings is 2. The lowest BCUT2D eigenvalue weighted by Crippen LogP contribution is -2.31. The van der Waals surface area contributed by atoms with Crippen molar-refractivity contribution in [2.45, 2.75) is 19.3 Å². The summed E-state index contributed by atoms with van der Waals surface area (Å²) < 4.78 is 12.9. The molecule has 0 fully saturated rings. The Labute approximate surface area is 132 Å². The average Bonchev–Trinajstić information content (AvgIpc) is 2.87. The monoisotopic (exact) mass is 310 g/mol. The third kappa shape index (κ3) is 2.38. The Morgan fingerprint density at radius 1 is 1.13 bits per heavy atom. The normalized spacial score (nSPS) is 15.5. The van der Waals surface area contributed by atoms with Crippen LogP contribution in [0.4, 0.5) is 15.8 Å². The van der Waals surface area contributed by atoms with Crippen molar-refractivity contribution < 1.29 is 14.0 Å². The van der Waals surface area contributed by atoms with Crippen LogP contribution in [0, 0.1) is 5.82 Å². The molecule has 5 heteroatoms. The highest BCUT2D eigenvalue weighted by molar-refractivity contribution is 6.08. The molecule has 0 atom stereocenters. The third-order valence-electron chi connectivity index (χ3n) is 4.37. The molecular weight excluding hydrogens is 295 g/mol. The molecule has 4 rings (SSSR count). The van der Waals surface area contributed by atoms with Crippen LogP contribution in [0.2, 0.25) is 0 Å². The number of nitrogens with one attached hydrogen (secondary N) is 1. The molecule has 0 aliphatic carbocycles. The number of aryl methyl sites for hydroxylation is 1. The second-order valence-electron chi connectivity index (χ2n) is 5.93. The van der Waals surface area contributed by atoms with Gasteiger partial charge in [-0.2, -0.15) is 0 Å². The SMILES string of the molecule is O=C(Nc1ccc(F)cc1)c1cc2c3c(c1)CC(=O)N3CCC2. The number of hydrogen-bond donors (Lipinski definition) is 1. The van der Waals surface area contributed by atoms with Gasteiger partial charge in [-0.3, -0.25) is 9.59 Å². The number of halogens is 1. The number of carbonyl (C=O) groups excluding carboxylic acids is 2. The van der Waals surface area contributed by atoms with E-state index >= 15 is 0 Å². The summed E-state index contributed by atoms with van der Waals surface area (Å²) in [6, 6.07) is 9.31. The van der Waals surface area contributed by atoms with Crippen LogP contribution >= 0.6 is 0 Å². The second-order valence-corrected chi connectivity index (χ2v) is 5.93. The highest BCUT2D eigenvalue weighted by atomic mass is 19.1. The quantitative estimate of drug-likeness (QED) is 0.927. The minimum atomic E-state index is -0.344. The zero-order chi connectivity index (χ0) is 16.0. The van der Waals surface area contributed by atoms with Crippen molar-refractivity contribution in [1.82, 2.24) is 0 Å². The van der Waals surface area contributed by atoms with Gasteiger partial charge in [-0.05, 0) is 60.4 Å². The summed E-state index contributed by atoms with van der Waals surface area (Å²) >= 11 is 0. The van der Waals surface area contributed by atoms with E-state index in [0.29, 0.717) is 17.7 Å². The van der Waals surface area contributed by atoms with Gasteiger partial charge in [-0.1, -0.05) is 0 Å². The van der Waals surface area contributed by atoms with Gasteiger partial charge in [0.2, 0.25) is 5.91 Å². The number of nitrogens with zero attached hydrogens (tertiary/aromatic N) is 1. The Hall–Kier alpha value is -2.69. The third-order valence-corrected chi connectivity index (χ3v) is 4.37. The smallest absolute Gasteiger partial charge is 0.255 e. The van der Waals surface area contributed by atoms with Crippen LogP contribution in [-0.2, 0) is 17.6 Å². The Balaban J connectivity index is 1.65. The number of carbonyl (C=O) groups is 2. The maximum absolute atomic E-state index is 12.9. The summed E-state index contributed by atoms with van der Waals surface area (Å²) in [5.74, 6) is -0.479. The Morgan fingerprint density at radius 2 is 1.87 bits per heavy atom. The van der Waals surface area contributed by atoms with Crippen LogP contribution in [0.25, 0.3) is 0 Å². The molecule has 0 unspecified atom stereocenters. The van der Waals surface area contributed by atoms with E-state index in [4.69, 9.17) is 0 Å². The van der Waals surface area contributed by atoms with Crippen molar-refractivity contribution in [3.05, 3.63) is 58.9 Å². The lowest BCUT2D eigenvalue weighted by molar-refractivity contribution is -0.117. The van der Waals surface area contributed by atoms with E-state index in [1.54, 1.807) is 6.07 Å². The van der Waals surface area contributed by atoms with Gasteiger partial charge < -0.3 is 10.2 Å². The van der Waals surface area contributed by atoms with Crippen molar-refractivity contribution in [3.8, 4) is 0 Å². The van der Waals surface area contributed by atoms with Gasteiger partial charge in [-0.15, -0.1) is 0 Å². The predicted octanol–water partition coefficient (Wildman–Crippen LogP) is 2.91. The fourth-order valence-corrected chi connectivity index (χ4v) is 3.35. The highest BCUT2D eigenvalue weighted by Crippen LogP contribution is 2.37. The zero-order valence-corrected chi connectivity index (χ0v) is 12.4. The molecule has 0 spiro atoms. The van der Waals surface area contributed by atoms with Crippen LogP contribution in [0.5, 0.6) is 0 Å². The second kappa shape index (κ2) is 5.19. The fraction of sp³-hybridized carbons (Fsp3) is 0.222. The molecule has 2 aliphatic rings. The van der Waals surface area contributed by atoms with E-state index in [9.17, 15) is 14.0 Å². The molecule has 2 amide bonds. The molecule has 0 radical (unpaired) electrons. The summed E-state index contributed by atoms with van der Waals surface area (Å²) in [7, 11) is 0. The first-order valence-electron chi connectivity index (χ1n) is 7.65. The molecule has 0 aromatic heterocycles. The van der Waals surface area contributed by atoms with E-state index in [1.807, 2.05) is 11.0 Å². The number of anilines is 2. The van der Waals surface area contributed by atoms with Gasteiger partial charge in [-0.25, -0.2) is 4.39 Å². The minimum absolute atomic E-state index is 0.108. The van der Waals surface area contributed by atoms with Crippen LogP contribution in [-0.4, -0.2) is 18.4 Å². The van der Waals surface area contributed by atoms with Gasteiger partial charge >= 0.3 is 0 Å². The molecule has 0 saturated heterocycles. The van der Waals surface area contributed by atoms with Gasteiger partial charge in [0.15, 0.2) is 0 Å². The molecule has 116 valence electrons. The number of amides is 2. The molecule has 2 aliphatic heterocycles. The van der Waals surface area contributed by atoms with Gasteiger partial charge in [0, 0.05) is 17.8 Å². The molecule has 2 heterocycles. The van der Waals surface area contributed by atoms with Gasteiger partial charge in [0.05, 0.1) is 12.1 Å². The van der Waals surface area contributed by atoms with Crippen molar-refractivity contribution in [1.29, 1.82) is 0 Å². The first-order valence-corrected chi connectivity index (χ1v) is 7.65. The van der Waals surface area contributed by atoms with Crippen LogP contribution in [0.1, 0.15) is 27.9 Å². The van der Waals surface area contributed by atoms with E-state index in [2.05, 4.69) is 5.32 Å². The molecule has 4 nitrogen and oxygen atoms in total. The Morgan fingerprint density at radius 3 is 2.65 bits per heavy atom. The van der Waals surface area contributed by atoms with Crippen molar-refractivity contribution in [2.24, 2.45) is 0 Å². The largest absolute Gasteiger partial charge is 0.322 e. The maximum Gasteiger partial charge on any atom is 0.255 e. The minimum Gasteiger partial charge on any atom is -0.322 e. The molecule has 23 heavy (non-hydrogen) atoms. The fourth-order valence-electron chi connectivity index (χ4n) is 3.35. The standard InChI is InChI=1S/C18H15FN2O2/c19-14-3-5-15(6-4-14)20-18(23)13-8-11-2-1-7-21-16(22)10-12(9-13)17(11)21/h3-6,8-9H,1-2,7,10H2,(H,20,23). The molecular formula is C18H15FN2O2. The Kier molecular flexibility index (Phi) is 3.15. The Bertz CT molecular complexity index is 815. The lowest BCUT2D eigenvalue weighted by Gasteiger charge is -2.25. The summed E-state index contributed by atoms with van der Waals surface area (Å²) in [6.45, 7) is 0.764. The van der Waals surface area contributed by atoms with Crippen LogP contribution in [0.15, 0.2) is 36.4 Å². The first kappa shape index (κ1) is 13.9. The molecule has 2 aromatic carbocycles. The highest BCUT2D eigenvalue weighted by Gasteiger charge is 2.32. The summed E-state index contributed by atoms with van der Waals surface area (Å²) in [4.78, 5) is 26.3. The summed E-state index contributed by atoms with van der Waals surface area (Å²) in [5.41, 5.74) is 4.07. The average molecular weight is 310 g/mol. The van der Waals surface area contributed by atoms with Crippen LogP contribution < -0.4 is 10.2 Å². The predicted molar refractivity (Wildman–Crippen MR) is 85.2 cm³/mol. The van der Waals surface area contributed by atoms with Gasteiger partial charge in [0.25, 0.3) is 5.91 Å².